The molecule has 0 aliphatic rings. The summed E-state index contributed by atoms with van der Waals surface area (Å²) in [5.74, 6) is 0.982. The van der Waals surface area contributed by atoms with Gasteiger partial charge in [0.05, 0.1) is 0 Å². The highest BCUT2D eigenvalue weighted by Gasteiger charge is 2.00. The zero-order valence-corrected chi connectivity index (χ0v) is 12.7. The monoisotopic (exact) mass is 293 g/mol. The molecule has 2 aromatic rings. The lowest BCUT2D eigenvalue weighted by atomic mass is 10.3. The summed E-state index contributed by atoms with van der Waals surface area (Å²) in [7, 11) is 0. The molecule has 0 aliphatic carbocycles. The van der Waals surface area contributed by atoms with Crippen LogP contribution in [0.5, 0.6) is 5.75 Å². The van der Waals surface area contributed by atoms with E-state index in [9.17, 15) is 0 Å². The van der Waals surface area contributed by atoms with Crippen LogP contribution in [0.25, 0.3) is 0 Å². The Kier molecular flexibility index (Phi) is 6.27. The van der Waals surface area contributed by atoms with Gasteiger partial charge in [-0.15, -0.1) is 23.1 Å². The molecule has 0 radical (unpaired) electrons. The Bertz CT molecular complexity index is 471. The Morgan fingerprint density at radius 2 is 2.05 bits per heavy atom. The van der Waals surface area contributed by atoms with Gasteiger partial charge in [0.2, 0.25) is 0 Å². The van der Waals surface area contributed by atoms with Gasteiger partial charge in [0, 0.05) is 22.9 Å². The molecule has 4 heteroatoms. The van der Waals surface area contributed by atoms with E-state index >= 15 is 0 Å². The Labute approximate surface area is 123 Å². The molecule has 2 nitrogen and oxygen atoms in total. The van der Waals surface area contributed by atoms with Crippen LogP contribution in [-0.4, -0.2) is 26.0 Å². The van der Waals surface area contributed by atoms with E-state index in [-0.39, 0.29) is 0 Å². The third-order valence-electron chi connectivity index (χ3n) is 2.73. The molecule has 19 heavy (non-hydrogen) atoms. The number of nitrogens with one attached hydrogen (secondary N) is 1. The van der Waals surface area contributed by atoms with Crippen molar-refractivity contribution in [1.82, 2.24) is 5.32 Å². The fourth-order valence-electron chi connectivity index (χ4n) is 1.76. The first-order valence-corrected chi connectivity index (χ1v) is 8.49. The summed E-state index contributed by atoms with van der Waals surface area (Å²) in [6.07, 6.45) is 3.17. The molecule has 1 N–H and O–H groups in total. The van der Waals surface area contributed by atoms with Crippen molar-refractivity contribution >= 4 is 23.1 Å². The fourth-order valence-corrected chi connectivity index (χ4v) is 3.01. The van der Waals surface area contributed by atoms with Crippen molar-refractivity contribution in [2.24, 2.45) is 0 Å². The first-order chi connectivity index (χ1) is 9.40. The second kappa shape index (κ2) is 8.25. The van der Waals surface area contributed by atoms with Crippen LogP contribution in [0.1, 0.15) is 4.88 Å². The molecule has 0 saturated heterocycles. The van der Waals surface area contributed by atoms with E-state index in [0.29, 0.717) is 6.61 Å². The van der Waals surface area contributed by atoms with E-state index in [4.69, 9.17) is 4.74 Å². The highest BCUT2D eigenvalue weighted by Crippen LogP contribution is 2.26. The topological polar surface area (TPSA) is 21.3 Å². The predicted octanol–water partition coefficient (Wildman–Crippen LogP) is 3.68. The summed E-state index contributed by atoms with van der Waals surface area (Å²) in [5.41, 5.74) is 0. The van der Waals surface area contributed by atoms with Gasteiger partial charge >= 0.3 is 0 Å². The van der Waals surface area contributed by atoms with Crippen LogP contribution in [0.2, 0.25) is 0 Å². The lowest BCUT2D eigenvalue weighted by Gasteiger charge is -2.10. The molecule has 1 heterocycles. The number of hydrogen-bond acceptors (Lipinski definition) is 4. The maximum atomic E-state index is 5.78. The van der Waals surface area contributed by atoms with Crippen LogP contribution in [0.15, 0.2) is 46.7 Å². The van der Waals surface area contributed by atoms with Crippen molar-refractivity contribution in [2.45, 2.75) is 11.3 Å². The van der Waals surface area contributed by atoms with E-state index in [1.807, 2.05) is 29.5 Å². The zero-order chi connectivity index (χ0) is 13.3. The second-order valence-electron chi connectivity index (χ2n) is 4.08. The molecule has 0 unspecified atom stereocenters. The van der Waals surface area contributed by atoms with E-state index in [0.717, 1.165) is 25.3 Å². The molecule has 102 valence electrons. The minimum Gasteiger partial charge on any atom is -0.491 e. The SMILES string of the molecule is CSc1ccccc1OCCNCCc1cccs1. The van der Waals surface area contributed by atoms with Crippen molar-refractivity contribution in [3.05, 3.63) is 46.7 Å². The van der Waals surface area contributed by atoms with Gasteiger partial charge in [0.1, 0.15) is 12.4 Å². The summed E-state index contributed by atoms with van der Waals surface area (Å²) >= 11 is 3.53. The van der Waals surface area contributed by atoms with Crippen LogP contribution in [-0.2, 0) is 6.42 Å². The smallest absolute Gasteiger partial charge is 0.132 e. The Morgan fingerprint density at radius 1 is 1.16 bits per heavy atom. The van der Waals surface area contributed by atoms with Gasteiger partial charge in [-0.3, -0.25) is 0 Å². The number of rotatable bonds is 8. The molecule has 0 fully saturated rings. The zero-order valence-electron chi connectivity index (χ0n) is 11.1. The van der Waals surface area contributed by atoms with Gasteiger partial charge in [-0.25, -0.2) is 0 Å². The lowest BCUT2D eigenvalue weighted by Crippen LogP contribution is -2.23. The number of hydrogen-bond donors (Lipinski definition) is 1. The molecule has 0 amide bonds. The minimum absolute atomic E-state index is 0.710. The summed E-state index contributed by atoms with van der Waals surface area (Å²) in [4.78, 5) is 2.63. The standard InChI is InChI=1S/C15H19NOS2/c1-18-15-7-3-2-6-14(15)17-11-10-16-9-8-13-5-4-12-19-13/h2-7,12,16H,8-11H2,1H3. The molecule has 0 saturated carbocycles. The van der Waals surface area contributed by atoms with E-state index in [2.05, 4.69) is 35.2 Å². The summed E-state index contributed by atoms with van der Waals surface area (Å²) in [6, 6.07) is 12.4. The van der Waals surface area contributed by atoms with Crippen molar-refractivity contribution in [1.29, 1.82) is 0 Å². The highest BCUT2D eigenvalue weighted by molar-refractivity contribution is 7.98. The van der Waals surface area contributed by atoms with Gasteiger partial charge in [0.15, 0.2) is 0 Å². The molecular formula is C15H19NOS2. The number of para-hydroxylation sites is 1. The molecular weight excluding hydrogens is 274 g/mol. The maximum Gasteiger partial charge on any atom is 0.132 e. The van der Waals surface area contributed by atoms with Crippen LogP contribution >= 0.6 is 23.1 Å². The molecule has 0 bridgehead atoms. The number of thioether (sulfide) groups is 1. The van der Waals surface area contributed by atoms with Gasteiger partial charge in [-0.1, -0.05) is 18.2 Å². The first kappa shape index (κ1) is 14.4. The molecule has 0 aliphatic heterocycles. The quantitative estimate of drug-likeness (QED) is 0.592. The lowest BCUT2D eigenvalue weighted by molar-refractivity contribution is 0.308. The van der Waals surface area contributed by atoms with Crippen LogP contribution in [0, 0.1) is 0 Å². The van der Waals surface area contributed by atoms with Crippen molar-refractivity contribution < 1.29 is 4.74 Å². The van der Waals surface area contributed by atoms with Crippen LogP contribution in [0.4, 0.5) is 0 Å². The highest BCUT2D eigenvalue weighted by atomic mass is 32.2. The van der Waals surface area contributed by atoms with E-state index in [1.165, 1.54) is 9.77 Å². The normalized spacial score (nSPS) is 10.6. The largest absolute Gasteiger partial charge is 0.491 e. The Morgan fingerprint density at radius 3 is 2.84 bits per heavy atom. The van der Waals surface area contributed by atoms with E-state index in [1.54, 1.807) is 11.8 Å². The van der Waals surface area contributed by atoms with Gasteiger partial charge in [0.25, 0.3) is 0 Å². The van der Waals surface area contributed by atoms with Crippen molar-refractivity contribution in [3.8, 4) is 5.75 Å². The van der Waals surface area contributed by atoms with Crippen LogP contribution in [0.3, 0.4) is 0 Å². The fraction of sp³-hybridized carbons (Fsp3) is 0.333. The summed E-state index contributed by atoms with van der Waals surface area (Å²) < 4.78 is 5.78. The first-order valence-electron chi connectivity index (χ1n) is 6.39. The molecule has 1 aromatic heterocycles. The summed E-state index contributed by atoms with van der Waals surface area (Å²) in [6.45, 7) is 2.60. The predicted molar refractivity (Wildman–Crippen MR) is 84.6 cm³/mol. The Hall–Kier alpha value is -0.970. The minimum atomic E-state index is 0.710. The van der Waals surface area contributed by atoms with Crippen LogP contribution < -0.4 is 10.1 Å². The maximum absolute atomic E-state index is 5.78. The molecule has 0 spiro atoms. The average Bonchev–Trinajstić information content (AvgIpc) is 2.96. The number of thiophene rings is 1. The van der Waals surface area contributed by atoms with Gasteiger partial charge in [-0.2, -0.15) is 0 Å². The van der Waals surface area contributed by atoms with Gasteiger partial charge < -0.3 is 10.1 Å². The Balaban J connectivity index is 1.61. The number of ether oxygens (including phenoxy) is 1. The second-order valence-corrected chi connectivity index (χ2v) is 5.96. The third kappa shape index (κ3) is 4.90. The number of benzene rings is 1. The summed E-state index contributed by atoms with van der Waals surface area (Å²) in [5, 5.41) is 5.53. The molecule has 2 rings (SSSR count). The average molecular weight is 293 g/mol. The molecule has 0 atom stereocenters. The van der Waals surface area contributed by atoms with Crippen molar-refractivity contribution in [2.75, 3.05) is 26.0 Å². The third-order valence-corrected chi connectivity index (χ3v) is 4.45. The van der Waals surface area contributed by atoms with E-state index < -0.39 is 0 Å². The van der Waals surface area contributed by atoms with Gasteiger partial charge in [-0.05, 0) is 36.3 Å². The van der Waals surface area contributed by atoms with Crippen molar-refractivity contribution in [3.63, 3.8) is 0 Å². The molecule has 1 aromatic carbocycles.